The van der Waals surface area contributed by atoms with E-state index in [0.29, 0.717) is 36.1 Å². The number of likely N-dealkylation sites (tertiary alicyclic amines) is 1. The molecule has 1 saturated heterocycles. The lowest BCUT2D eigenvalue weighted by Gasteiger charge is -2.37. The van der Waals surface area contributed by atoms with Crippen molar-refractivity contribution in [3.63, 3.8) is 0 Å². The molecule has 5 heteroatoms. The van der Waals surface area contributed by atoms with Crippen molar-refractivity contribution in [3.8, 4) is 5.75 Å². The fraction of sp³-hybridized carbons (Fsp3) is 0.682. The Labute approximate surface area is 164 Å². The van der Waals surface area contributed by atoms with Gasteiger partial charge in [-0.1, -0.05) is 40.0 Å². The SMILES string of the molecule is CCCCOc1cc(C(=O)OC[C@H](C(C)CC)N2CCCCC2)ccc1N. The Kier molecular flexibility index (Phi) is 8.92. The minimum atomic E-state index is -0.305. The number of ether oxygens (including phenoxy) is 2. The summed E-state index contributed by atoms with van der Waals surface area (Å²) in [6.07, 6.45) is 6.86. The Balaban J connectivity index is 1.98. The van der Waals surface area contributed by atoms with Crippen molar-refractivity contribution in [2.45, 2.75) is 65.3 Å². The molecule has 1 aromatic carbocycles. The first-order chi connectivity index (χ1) is 13.1. The summed E-state index contributed by atoms with van der Waals surface area (Å²) in [6.45, 7) is 9.79. The van der Waals surface area contributed by atoms with Crippen LogP contribution in [0.2, 0.25) is 0 Å². The average Bonchev–Trinajstić information content (AvgIpc) is 2.70. The number of rotatable bonds is 10. The third-order valence-electron chi connectivity index (χ3n) is 5.55. The third kappa shape index (κ3) is 6.42. The van der Waals surface area contributed by atoms with Crippen LogP contribution in [0.4, 0.5) is 5.69 Å². The smallest absolute Gasteiger partial charge is 0.338 e. The van der Waals surface area contributed by atoms with E-state index in [1.807, 2.05) is 0 Å². The summed E-state index contributed by atoms with van der Waals surface area (Å²) in [5.74, 6) is 0.753. The Morgan fingerprint density at radius 1 is 1.22 bits per heavy atom. The fourth-order valence-corrected chi connectivity index (χ4v) is 3.51. The van der Waals surface area contributed by atoms with Gasteiger partial charge in [0.05, 0.1) is 17.9 Å². The molecule has 0 amide bonds. The number of nitrogens with two attached hydrogens (primary N) is 1. The van der Waals surface area contributed by atoms with Gasteiger partial charge in [0, 0.05) is 6.04 Å². The molecule has 0 aromatic heterocycles. The molecule has 1 fully saturated rings. The van der Waals surface area contributed by atoms with Gasteiger partial charge in [-0.15, -0.1) is 0 Å². The summed E-state index contributed by atoms with van der Waals surface area (Å²) in [5.41, 5.74) is 7.01. The van der Waals surface area contributed by atoms with Crippen LogP contribution in [0, 0.1) is 5.92 Å². The highest BCUT2D eigenvalue weighted by molar-refractivity contribution is 5.90. The molecule has 2 rings (SSSR count). The maximum absolute atomic E-state index is 12.6. The summed E-state index contributed by atoms with van der Waals surface area (Å²) in [7, 11) is 0. The summed E-state index contributed by atoms with van der Waals surface area (Å²) in [6, 6.07) is 5.42. The van der Waals surface area contributed by atoms with E-state index in [1.54, 1.807) is 18.2 Å². The van der Waals surface area contributed by atoms with Gasteiger partial charge in [0.2, 0.25) is 0 Å². The number of carbonyl (C=O) groups excluding carboxylic acids is 1. The molecular formula is C22H36N2O3. The maximum Gasteiger partial charge on any atom is 0.338 e. The average molecular weight is 377 g/mol. The van der Waals surface area contributed by atoms with E-state index in [9.17, 15) is 4.79 Å². The van der Waals surface area contributed by atoms with E-state index in [-0.39, 0.29) is 12.0 Å². The third-order valence-corrected chi connectivity index (χ3v) is 5.55. The number of benzene rings is 1. The van der Waals surface area contributed by atoms with Crippen molar-refractivity contribution in [1.82, 2.24) is 4.90 Å². The molecule has 1 heterocycles. The highest BCUT2D eigenvalue weighted by Gasteiger charge is 2.26. The predicted octanol–water partition coefficient (Wildman–Crippen LogP) is 4.51. The van der Waals surface area contributed by atoms with Gasteiger partial charge in [-0.25, -0.2) is 4.79 Å². The Morgan fingerprint density at radius 2 is 1.96 bits per heavy atom. The molecule has 0 aliphatic carbocycles. The van der Waals surface area contributed by atoms with E-state index in [4.69, 9.17) is 15.2 Å². The lowest BCUT2D eigenvalue weighted by atomic mass is 9.96. The number of esters is 1. The van der Waals surface area contributed by atoms with Crippen molar-refractivity contribution < 1.29 is 14.3 Å². The number of nitrogens with zero attached hydrogens (tertiary/aromatic N) is 1. The first kappa shape index (κ1) is 21.5. The van der Waals surface area contributed by atoms with Gasteiger partial charge in [-0.2, -0.15) is 0 Å². The first-order valence-corrected chi connectivity index (χ1v) is 10.5. The fourth-order valence-electron chi connectivity index (χ4n) is 3.51. The van der Waals surface area contributed by atoms with Gasteiger partial charge >= 0.3 is 5.97 Å². The molecule has 5 nitrogen and oxygen atoms in total. The molecule has 0 spiro atoms. The van der Waals surface area contributed by atoms with Gasteiger partial charge in [0.15, 0.2) is 0 Å². The van der Waals surface area contributed by atoms with Crippen LogP contribution in [0.25, 0.3) is 0 Å². The van der Waals surface area contributed by atoms with Gasteiger partial charge in [0.1, 0.15) is 12.4 Å². The highest BCUT2D eigenvalue weighted by Crippen LogP contribution is 2.24. The second kappa shape index (κ2) is 11.2. The van der Waals surface area contributed by atoms with E-state index in [2.05, 4.69) is 25.7 Å². The zero-order valence-electron chi connectivity index (χ0n) is 17.2. The molecule has 0 bridgehead atoms. The van der Waals surface area contributed by atoms with Crippen LogP contribution >= 0.6 is 0 Å². The molecule has 2 atom stereocenters. The van der Waals surface area contributed by atoms with Crippen LogP contribution in [-0.2, 0) is 4.74 Å². The number of piperidine rings is 1. The van der Waals surface area contributed by atoms with Gasteiger partial charge in [0.25, 0.3) is 0 Å². The Hall–Kier alpha value is -1.75. The number of hydrogen-bond acceptors (Lipinski definition) is 5. The molecule has 2 N–H and O–H groups in total. The molecule has 0 saturated carbocycles. The molecule has 0 radical (unpaired) electrons. The molecule has 1 aliphatic rings. The number of carbonyl (C=O) groups is 1. The second-order valence-electron chi connectivity index (χ2n) is 7.60. The van der Waals surface area contributed by atoms with Crippen LogP contribution in [0.5, 0.6) is 5.75 Å². The van der Waals surface area contributed by atoms with E-state index < -0.39 is 0 Å². The lowest BCUT2D eigenvalue weighted by molar-refractivity contribution is 0.0210. The minimum Gasteiger partial charge on any atom is -0.491 e. The minimum absolute atomic E-state index is 0.285. The van der Waals surface area contributed by atoms with Crippen molar-refractivity contribution in [2.75, 3.05) is 32.0 Å². The Bertz CT molecular complexity index is 585. The lowest BCUT2D eigenvalue weighted by Crippen LogP contribution is -2.46. The first-order valence-electron chi connectivity index (χ1n) is 10.5. The standard InChI is InChI=1S/C22H36N2O3/c1-4-6-14-26-21-15-18(10-11-19(21)23)22(25)27-16-20(17(3)5-2)24-12-8-7-9-13-24/h10-11,15,17,20H,4-9,12-14,16,23H2,1-3H3/t17?,20-/m1/s1. The summed E-state index contributed by atoms with van der Waals surface area (Å²) < 4.78 is 11.4. The molecule has 27 heavy (non-hydrogen) atoms. The normalized spacial score (nSPS) is 17.3. The van der Waals surface area contributed by atoms with Crippen LogP contribution in [0.1, 0.15) is 69.7 Å². The van der Waals surface area contributed by atoms with Crippen LogP contribution in [-0.4, -0.2) is 43.2 Å². The van der Waals surface area contributed by atoms with Crippen LogP contribution in [0.3, 0.4) is 0 Å². The summed E-state index contributed by atoms with van der Waals surface area (Å²) in [5, 5.41) is 0. The van der Waals surface area contributed by atoms with Crippen molar-refractivity contribution in [2.24, 2.45) is 5.92 Å². The molecule has 1 aliphatic heterocycles. The predicted molar refractivity (Wildman–Crippen MR) is 110 cm³/mol. The number of hydrogen-bond donors (Lipinski definition) is 1. The van der Waals surface area contributed by atoms with Crippen LogP contribution < -0.4 is 10.5 Å². The van der Waals surface area contributed by atoms with Crippen molar-refractivity contribution >= 4 is 11.7 Å². The maximum atomic E-state index is 12.6. The van der Waals surface area contributed by atoms with E-state index >= 15 is 0 Å². The number of nitrogen functional groups attached to an aromatic ring is 1. The second-order valence-corrected chi connectivity index (χ2v) is 7.60. The van der Waals surface area contributed by atoms with E-state index in [1.165, 1.54) is 19.3 Å². The topological polar surface area (TPSA) is 64.8 Å². The highest BCUT2D eigenvalue weighted by atomic mass is 16.5. The van der Waals surface area contributed by atoms with Gasteiger partial charge in [-0.05, 0) is 56.5 Å². The zero-order chi connectivity index (χ0) is 19.6. The van der Waals surface area contributed by atoms with Gasteiger partial charge in [-0.3, -0.25) is 4.90 Å². The largest absolute Gasteiger partial charge is 0.491 e. The molecular weight excluding hydrogens is 340 g/mol. The number of anilines is 1. The summed E-state index contributed by atoms with van der Waals surface area (Å²) >= 11 is 0. The summed E-state index contributed by atoms with van der Waals surface area (Å²) in [4.78, 5) is 15.1. The molecule has 152 valence electrons. The molecule has 1 unspecified atom stereocenters. The Morgan fingerprint density at radius 3 is 2.63 bits per heavy atom. The number of unbranched alkanes of at least 4 members (excludes halogenated alkanes) is 1. The van der Waals surface area contributed by atoms with Crippen molar-refractivity contribution in [3.05, 3.63) is 23.8 Å². The monoisotopic (exact) mass is 376 g/mol. The zero-order valence-corrected chi connectivity index (χ0v) is 17.2. The van der Waals surface area contributed by atoms with Gasteiger partial charge < -0.3 is 15.2 Å². The van der Waals surface area contributed by atoms with Crippen molar-refractivity contribution in [1.29, 1.82) is 0 Å². The van der Waals surface area contributed by atoms with E-state index in [0.717, 1.165) is 32.4 Å². The quantitative estimate of drug-likeness (QED) is 0.370. The van der Waals surface area contributed by atoms with Crippen LogP contribution in [0.15, 0.2) is 18.2 Å². The molecule has 1 aromatic rings.